The van der Waals surface area contributed by atoms with Crippen molar-refractivity contribution in [1.82, 2.24) is 10.6 Å². The number of carbonyl (C=O) groups excluding carboxylic acids is 1. The molecule has 1 saturated carbocycles. The number of aliphatic carboxylic acids is 1. The number of amides is 2. The van der Waals surface area contributed by atoms with Gasteiger partial charge < -0.3 is 15.7 Å². The zero-order valence-corrected chi connectivity index (χ0v) is 10.9. The molecule has 0 radical (unpaired) electrons. The van der Waals surface area contributed by atoms with Crippen LogP contribution in [0.25, 0.3) is 0 Å². The van der Waals surface area contributed by atoms with E-state index in [2.05, 4.69) is 16.9 Å². The van der Waals surface area contributed by atoms with Crippen LogP contribution in [0, 0.1) is 5.41 Å². The first-order valence-electron chi connectivity index (χ1n) is 5.85. The molecule has 1 aliphatic rings. The number of hydrogen-bond acceptors (Lipinski definition) is 3. The van der Waals surface area contributed by atoms with Crippen molar-refractivity contribution in [3.05, 3.63) is 0 Å². The van der Waals surface area contributed by atoms with Gasteiger partial charge in [0.15, 0.2) is 0 Å². The number of hydrogen-bond donors (Lipinski definition) is 3. The predicted molar refractivity (Wildman–Crippen MR) is 68.3 cm³/mol. The molecular formula is C11H20N2O3S. The molecule has 98 valence electrons. The summed E-state index contributed by atoms with van der Waals surface area (Å²) in [5.74, 6) is 0.295. The van der Waals surface area contributed by atoms with Crippen LogP contribution in [-0.4, -0.2) is 42.2 Å². The highest BCUT2D eigenvalue weighted by molar-refractivity contribution is 7.98. The number of carbonyl (C=O) groups is 2. The van der Waals surface area contributed by atoms with E-state index >= 15 is 0 Å². The normalized spacial score (nSPS) is 16.3. The van der Waals surface area contributed by atoms with Crippen molar-refractivity contribution in [2.24, 2.45) is 5.41 Å². The second kappa shape index (κ2) is 6.74. The molecule has 17 heavy (non-hydrogen) atoms. The average molecular weight is 260 g/mol. The van der Waals surface area contributed by atoms with Gasteiger partial charge in [0.05, 0.1) is 5.41 Å². The summed E-state index contributed by atoms with van der Waals surface area (Å²) in [4.78, 5) is 22.2. The van der Waals surface area contributed by atoms with E-state index in [1.807, 2.05) is 0 Å². The van der Waals surface area contributed by atoms with Gasteiger partial charge in [0.2, 0.25) is 0 Å². The second-order valence-electron chi connectivity index (χ2n) is 4.39. The number of carboxylic acid groups (broad SMARTS) is 1. The van der Waals surface area contributed by atoms with Gasteiger partial charge in [-0.2, -0.15) is 11.8 Å². The van der Waals surface area contributed by atoms with E-state index in [-0.39, 0.29) is 12.6 Å². The lowest BCUT2D eigenvalue weighted by molar-refractivity contribution is -0.143. The summed E-state index contributed by atoms with van der Waals surface area (Å²) in [5, 5.41) is 14.3. The van der Waals surface area contributed by atoms with Crippen molar-refractivity contribution in [1.29, 1.82) is 0 Å². The average Bonchev–Trinajstić information content (AvgIpc) is 3.07. The third kappa shape index (κ3) is 4.85. The van der Waals surface area contributed by atoms with E-state index in [4.69, 9.17) is 5.11 Å². The molecule has 2 amide bonds. The number of urea groups is 1. The summed E-state index contributed by atoms with van der Waals surface area (Å²) in [6, 6.07) is -0.262. The van der Waals surface area contributed by atoms with Gasteiger partial charge in [-0.15, -0.1) is 0 Å². The summed E-state index contributed by atoms with van der Waals surface area (Å²) in [6.07, 6.45) is 5.42. The van der Waals surface area contributed by atoms with E-state index in [1.54, 1.807) is 11.8 Å². The Hall–Kier alpha value is -0.910. The Balaban J connectivity index is 2.04. The number of rotatable bonds is 8. The van der Waals surface area contributed by atoms with Crippen molar-refractivity contribution in [2.75, 3.05) is 25.1 Å². The zero-order valence-electron chi connectivity index (χ0n) is 10.1. The van der Waals surface area contributed by atoms with Crippen molar-refractivity contribution in [3.8, 4) is 0 Å². The van der Waals surface area contributed by atoms with E-state index in [1.165, 1.54) is 0 Å². The fraction of sp³-hybridized carbons (Fsp3) is 0.818. The highest BCUT2D eigenvalue weighted by Crippen LogP contribution is 2.45. The Labute approximate surface area is 106 Å². The molecule has 0 atom stereocenters. The Kier molecular flexibility index (Phi) is 5.61. The number of thioether (sulfide) groups is 1. The Morgan fingerprint density at radius 2 is 2.00 bits per heavy atom. The van der Waals surface area contributed by atoms with Gasteiger partial charge in [-0.1, -0.05) is 0 Å². The second-order valence-corrected chi connectivity index (χ2v) is 5.38. The lowest BCUT2D eigenvalue weighted by atomic mass is 10.1. The molecule has 0 saturated heterocycles. The maximum absolute atomic E-state index is 11.4. The van der Waals surface area contributed by atoms with Crippen molar-refractivity contribution in [2.45, 2.75) is 25.7 Å². The quantitative estimate of drug-likeness (QED) is 0.575. The molecular weight excluding hydrogens is 240 g/mol. The number of unbranched alkanes of at least 4 members (excludes halogenated alkanes) is 1. The van der Waals surface area contributed by atoms with E-state index in [0.717, 1.165) is 18.6 Å². The van der Waals surface area contributed by atoms with Gasteiger partial charge in [0.25, 0.3) is 0 Å². The largest absolute Gasteiger partial charge is 0.481 e. The molecule has 0 spiro atoms. The van der Waals surface area contributed by atoms with Crippen molar-refractivity contribution >= 4 is 23.8 Å². The van der Waals surface area contributed by atoms with Crippen LogP contribution in [0.1, 0.15) is 25.7 Å². The first-order chi connectivity index (χ1) is 8.10. The topological polar surface area (TPSA) is 78.4 Å². The number of carboxylic acids is 1. The smallest absolute Gasteiger partial charge is 0.314 e. The Morgan fingerprint density at radius 3 is 2.53 bits per heavy atom. The summed E-state index contributed by atoms with van der Waals surface area (Å²) in [7, 11) is 0. The van der Waals surface area contributed by atoms with Crippen LogP contribution in [0.2, 0.25) is 0 Å². The monoisotopic (exact) mass is 260 g/mol. The van der Waals surface area contributed by atoms with Crippen LogP contribution in [-0.2, 0) is 4.79 Å². The van der Waals surface area contributed by atoms with Gasteiger partial charge in [-0.25, -0.2) is 4.79 Å². The third-order valence-corrected chi connectivity index (χ3v) is 3.65. The fourth-order valence-corrected chi connectivity index (χ4v) is 2.00. The van der Waals surface area contributed by atoms with Gasteiger partial charge in [0.1, 0.15) is 0 Å². The maximum atomic E-state index is 11.4. The zero-order chi connectivity index (χ0) is 12.7. The van der Waals surface area contributed by atoms with Crippen LogP contribution in [0.5, 0.6) is 0 Å². The minimum atomic E-state index is -0.808. The van der Waals surface area contributed by atoms with Gasteiger partial charge >= 0.3 is 12.0 Å². The molecule has 0 aromatic heterocycles. The Morgan fingerprint density at radius 1 is 1.29 bits per heavy atom. The van der Waals surface area contributed by atoms with Gasteiger partial charge in [-0.05, 0) is 37.7 Å². The lowest BCUT2D eigenvalue weighted by Gasteiger charge is -2.11. The minimum Gasteiger partial charge on any atom is -0.481 e. The molecule has 6 heteroatoms. The van der Waals surface area contributed by atoms with Crippen molar-refractivity contribution < 1.29 is 14.7 Å². The molecule has 0 aromatic rings. The highest BCUT2D eigenvalue weighted by Gasteiger charge is 2.50. The van der Waals surface area contributed by atoms with E-state index in [9.17, 15) is 9.59 Å². The maximum Gasteiger partial charge on any atom is 0.314 e. The lowest BCUT2D eigenvalue weighted by Crippen LogP contribution is -2.41. The molecule has 3 N–H and O–H groups in total. The minimum absolute atomic E-state index is 0.235. The Bertz CT molecular complexity index is 280. The highest BCUT2D eigenvalue weighted by atomic mass is 32.2. The summed E-state index contributed by atoms with van der Waals surface area (Å²) in [5.41, 5.74) is -0.684. The van der Waals surface area contributed by atoms with Gasteiger partial charge in [-0.3, -0.25) is 4.79 Å². The van der Waals surface area contributed by atoms with Crippen LogP contribution in [0.15, 0.2) is 0 Å². The first kappa shape index (κ1) is 14.2. The van der Waals surface area contributed by atoms with Crippen LogP contribution >= 0.6 is 11.8 Å². The standard InChI is InChI=1S/C11H20N2O3S/c1-17-7-3-2-6-12-10(16)13-8-11(4-5-11)9(14)15/h2-8H2,1H3,(H,14,15)(H2,12,13,16). The molecule has 0 heterocycles. The molecule has 0 aromatic carbocycles. The molecule has 5 nitrogen and oxygen atoms in total. The first-order valence-corrected chi connectivity index (χ1v) is 7.24. The molecule has 0 bridgehead atoms. The van der Waals surface area contributed by atoms with E-state index in [0.29, 0.717) is 19.4 Å². The van der Waals surface area contributed by atoms with Crippen LogP contribution < -0.4 is 10.6 Å². The van der Waals surface area contributed by atoms with Crippen LogP contribution in [0.4, 0.5) is 4.79 Å². The summed E-state index contributed by atoms with van der Waals surface area (Å²) < 4.78 is 0. The molecule has 1 fully saturated rings. The van der Waals surface area contributed by atoms with Gasteiger partial charge in [0, 0.05) is 13.1 Å². The molecule has 1 rings (SSSR count). The molecule has 0 unspecified atom stereocenters. The fourth-order valence-electron chi connectivity index (χ4n) is 1.50. The SMILES string of the molecule is CSCCCCNC(=O)NCC1(C(=O)O)CC1. The van der Waals surface area contributed by atoms with Crippen LogP contribution in [0.3, 0.4) is 0 Å². The number of nitrogens with one attached hydrogen (secondary N) is 2. The van der Waals surface area contributed by atoms with Crippen molar-refractivity contribution in [3.63, 3.8) is 0 Å². The molecule has 0 aliphatic heterocycles. The predicted octanol–water partition coefficient (Wildman–Crippen LogP) is 1.29. The van der Waals surface area contributed by atoms with E-state index < -0.39 is 11.4 Å². The summed E-state index contributed by atoms with van der Waals surface area (Å²) >= 11 is 1.79. The third-order valence-electron chi connectivity index (χ3n) is 2.96. The summed E-state index contributed by atoms with van der Waals surface area (Å²) in [6.45, 7) is 0.880. The molecule has 1 aliphatic carbocycles.